The van der Waals surface area contributed by atoms with E-state index in [-0.39, 0.29) is 0 Å². The lowest BCUT2D eigenvalue weighted by Gasteiger charge is -2.18. The molecule has 1 fully saturated rings. The zero-order valence-electron chi connectivity index (χ0n) is 12.1. The minimum absolute atomic E-state index is 0.532. The lowest BCUT2D eigenvalue weighted by molar-refractivity contribution is 0.195. The molecule has 3 heterocycles. The van der Waals surface area contributed by atoms with Crippen molar-refractivity contribution >= 4 is 0 Å². The van der Waals surface area contributed by atoms with Crippen LogP contribution in [0, 0.1) is 0 Å². The molecule has 6 nitrogen and oxygen atoms in total. The summed E-state index contributed by atoms with van der Waals surface area (Å²) < 4.78 is 10.8. The normalized spacial score (nSPS) is 14.6. The summed E-state index contributed by atoms with van der Waals surface area (Å²) in [5.74, 6) is 2.10. The van der Waals surface area contributed by atoms with Crippen molar-refractivity contribution in [3.05, 3.63) is 54.4 Å². The standard InChI is InChI=1S/C16H16N4O2/c1-2-8-17-14(5-1)16-18-15(22-19-16)11-20(12-6-7-12)10-13-4-3-9-21-13/h1-5,8-9,12H,6-7,10-11H2. The summed E-state index contributed by atoms with van der Waals surface area (Å²) in [4.78, 5) is 11.0. The van der Waals surface area contributed by atoms with E-state index in [1.54, 1.807) is 12.5 Å². The van der Waals surface area contributed by atoms with E-state index in [0.29, 0.717) is 24.3 Å². The predicted molar refractivity (Wildman–Crippen MR) is 78.5 cm³/mol. The van der Waals surface area contributed by atoms with Crippen LogP contribution in [0.2, 0.25) is 0 Å². The first-order valence-corrected chi connectivity index (χ1v) is 7.39. The van der Waals surface area contributed by atoms with E-state index in [2.05, 4.69) is 20.0 Å². The van der Waals surface area contributed by atoms with Crippen LogP contribution in [0.5, 0.6) is 0 Å². The van der Waals surface area contributed by atoms with Gasteiger partial charge in [0.2, 0.25) is 11.7 Å². The molecule has 3 aromatic heterocycles. The molecule has 0 aliphatic heterocycles. The number of hydrogen-bond donors (Lipinski definition) is 0. The average Bonchev–Trinajstić information content (AvgIpc) is 3.08. The number of furan rings is 1. The molecule has 112 valence electrons. The Hall–Kier alpha value is -2.47. The lowest BCUT2D eigenvalue weighted by atomic mass is 10.3. The average molecular weight is 296 g/mol. The maximum absolute atomic E-state index is 5.44. The van der Waals surface area contributed by atoms with Crippen molar-refractivity contribution in [2.75, 3.05) is 0 Å². The second-order valence-electron chi connectivity index (χ2n) is 5.44. The highest BCUT2D eigenvalue weighted by atomic mass is 16.5. The van der Waals surface area contributed by atoms with Crippen LogP contribution in [0.4, 0.5) is 0 Å². The number of nitrogens with zero attached hydrogens (tertiary/aromatic N) is 4. The van der Waals surface area contributed by atoms with Crippen molar-refractivity contribution < 1.29 is 8.94 Å². The van der Waals surface area contributed by atoms with E-state index < -0.39 is 0 Å². The molecule has 0 atom stereocenters. The van der Waals surface area contributed by atoms with Crippen molar-refractivity contribution in [1.29, 1.82) is 0 Å². The summed E-state index contributed by atoms with van der Waals surface area (Å²) in [6, 6.07) is 10.1. The molecular formula is C16H16N4O2. The van der Waals surface area contributed by atoms with Crippen molar-refractivity contribution in [3.8, 4) is 11.5 Å². The van der Waals surface area contributed by atoms with Crippen molar-refractivity contribution in [3.63, 3.8) is 0 Å². The first kappa shape index (κ1) is 13.2. The van der Waals surface area contributed by atoms with Crippen LogP contribution < -0.4 is 0 Å². The highest BCUT2D eigenvalue weighted by molar-refractivity contribution is 5.46. The number of aromatic nitrogens is 3. The quantitative estimate of drug-likeness (QED) is 0.696. The van der Waals surface area contributed by atoms with Crippen molar-refractivity contribution in [1.82, 2.24) is 20.0 Å². The molecule has 6 heteroatoms. The SMILES string of the molecule is c1ccc(-c2noc(CN(Cc3ccco3)C3CC3)n2)nc1. The third-order valence-corrected chi connectivity index (χ3v) is 3.70. The van der Waals surface area contributed by atoms with Gasteiger partial charge in [-0.2, -0.15) is 4.98 Å². The van der Waals surface area contributed by atoms with Crippen LogP contribution >= 0.6 is 0 Å². The van der Waals surface area contributed by atoms with Crippen LogP contribution in [0.3, 0.4) is 0 Å². The maximum Gasteiger partial charge on any atom is 0.241 e. The number of pyridine rings is 1. The van der Waals surface area contributed by atoms with Gasteiger partial charge in [-0.15, -0.1) is 0 Å². The third-order valence-electron chi connectivity index (χ3n) is 3.70. The molecule has 1 aliphatic rings. The number of rotatable bonds is 6. The topological polar surface area (TPSA) is 68.2 Å². The van der Waals surface area contributed by atoms with Crippen LogP contribution in [-0.2, 0) is 13.1 Å². The molecule has 0 amide bonds. The fraction of sp³-hybridized carbons (Fsp3) is 0.312. The van der Waals surface area contributed by atoms with Gasteiger partial charge in [-0.3, -0.25) is 9.88 Å². The zero-order valence-corrected chi connectivity index (χ0v) is 12.1. The molecule has 0 spiro atoms. The van der Waals surface area contributed by atoms with Gasteiger partial charge in [0.05, 0.1) is 19.4 Å². The molecule has 0 N–H and O–H groups in total. The van der Waals surface area contributed by atoms with E-state index >= 15 is 0 Å². The van der Waals surface area contributed by atoms with Crippen LogP contribution in [0.25, 0.3) is 11.5 Å². The Morgan fingerprint density at radius 1 is 1.14 bits per heavy atom. The molecule has 0 radical (unpaired) electrons. The van der Waals surface area contributed by atoms with Gasteiger partial charge in [-0.05, 0) is 37.1 Å². The first-order valence-electron chi connectivity index (χ1n) is 7.39. The Balaban J connectivity index is 1.48. The molecule has 0 bridgehead atoms. The van der Waals surface area contributed by atoms with E-state index in [4.69, 9.17) is 8.94 Å². The van der Waals surface area contributed by atoms with Gasteiger partial charge in [0, 0.05) is 12.2 Å². The Bertz CT molecular complexity index is 720. The lowest BCUT2D eigenvalue weighted by Crippen LogP contribution is -2.25. The van der Waals surface area contributed by atoms with Crippen LogP contribution in [-0.4, -0.2) is 26.1 Å². The molecule has 1 saturated carbocycles. The maximum atomic E-state index is 5.44. The predicted octanol–water partition coefficient (Wildman–Crippen LogP) is 2.89. The van der Waals surface area contributed by atoms with Crippen LogP contribution in [0.15, 0.2) is 51.7 Å². The molecular weight excluding hydrogens is 280 g/mol. The molecule has 1 aliphatic carbocycles. The van der Waals surface area contributed by atoms with Gasteiger partial charge < -0.3 is 8.94 Å². The van der Waals surface area contributed by atoms with Gasteiger partial charge in [0.15, 0.2) is 0 Å². The van der Waals surface area contributed by atoms with Crippen molar-refractivity contribution in [2.45, 2.75) is 32.0 Å². The van der Waals surface area contributed by atoms with Gasteiger partial charge in [0.25, 0.3) is 0 Å². The smallest absolute Gasteiger partial charge is 0.241 e. The number of hydrogen-bond acceptors (Lipinski definition) is 6. The molecule has 0 aromatic carbocycles. The molecule has 0 saturated heterocycles. The Morgan fingerprint density at radius 2 is 2.09 bits per heavy atom. The van der Waals surface area contributed by atoms with Crippen LogP contribution in [0.1, 0.15) is 24.5 Å². The van der Waals surface area contributed by atoms with Crippen molar-refractivity contribution in [2.24, 2.45) is 0 Å². The Morgan fingerprint density at radius 3 is 2.82 bits per heavy atom. The minimum Gasteiger partial charge on any atom is -0.468 e. The molecule has 22 heavy (non-hydrogen) atoms. The van der Waals surface area contributed by atoms with E-state index in [9.17, 15) is 0 Å². The zero-order chi connectivity index (χ0) is 14.8. The third kappa shape index (κ3) is 2.92. The molecule has 0 unspecified atom stereocenters. The fourth-order valence-electron chi connectivity index (χ4n) is 2.45. The summed E-state index contributed by atoms with van der Waals surface area (Å²) in [7, 11) is 0. The van der Waals surface area contributed by atoms with Gasteiger partial charge >= 0.3 is 0 Å². The van der Waals surface area contributed by atoms with Gasteiger partial charge in [0.1, 0.15) is 11.5 Å². The summed E-state index contributed by atoms with van der Waals surface area (Å²) >= 11 is 0. The second kappa shape index (κ2) is 5.73. The second-order valence-corrected chi connectivity index (χ2v) is 5.44. The summed E-state index contributed by atoms with van der Waals surface area (Å²) in [5.41, 5.74) is 0.724. The first-order chi connectivity index (χ1) is 10.9. The fourth-order valence-corrected chi connectivity index (χ4v) is 2.45. The highest BCUT2D eigenvalue weighted by Gasteiger charge is 2.30. The summed E-state index contributed by atoms with van der Waals surface area (Å²) in [5, 5.41) is 4.02. The molecule has 3 aromatic rings. The van der Waals surface area contributed by atoms with Gasteiger partial charge in [-0.1, -0.05) is 11.2 Å². The van der Waals surface area contributed by atoms with E-state index in [0.717, 1.165) is 18.0 Å². The highest BCUT2D eigenvalue weighted by Crippen LogP contribution is 2.29. The van der Waals surface area contributed by atoms with E-state index in [1.807, 2.05) is 30.3 Å². The summed E-state index contributed by atoms with van der Waals surface area (Å²) in [6.07, 6.45) is 5.84. The largest absolute Gasteiger partial charge is 0.468 e. The Labute approximate surface area is 127 Å². The Kier molecular flexibility index (Phi) is 3.44. The molecule has 4 rings (SSSR count). The van der Waals surface area contributed by atoms with E-state index in [1.165, 1.54) is 12.8 Å². The minimum atomic E-state index is 0.532. The summed E-state index contributed by atoms with van der Waals surface area (Å²) in [6.45, 7) is 1.39. The monoisotopic (exact) mass is 296 g/mol. The van der Waals surface area contributed by atoms with Gasteiger partial charge in [-0.25, -0.2) is 0 Å².